The molecule has 0 heterocycles. The Morgan fingerprint density at radius 2 is 2.00 bits per heavy atom. The number of methoxy groups -OCH3 is 1. The molecule has 0 saturated heterocycles. The molecule has 0 aliphatic carbocycles. The molecule has 3 heteroatoms. The number of carbonyl (C=O) groups excluding carboxylic acids is 1. The molecule has 0 spiro atoms. The van der Waals surface area contributed by atoms with Gasteiger partial charge in [-0.2, -0.15) is 0 Å². The molecule has 0 amide bonds. The van der Waals surface area contributed by atoms with Crippen LogP contribution in [0.5, 0.6) is 5.75 Å². The predicted octanol–water partition coefficient (Wildman–Crippen LogP) is 2.17. The average Bonchev–Trinajstić information content (AvgIpc) is 2.25. The van der Waals surface area contributed by atoms with Crippen LogP contribution in [0, 0.1) is 0 Å². The maximum atomic E-state index is 11.5. The van der Waals surface area contributed by atoms with Crippen LogP contribution in [0.2, 0.25) is 0 Å². The van der Waals surface area contributed by atoms with Gasteiger partial charge in [-0.1, -0.05) is 26.8 Å². The van der Waals surface area contributed by atoms with Crippen LogP contribution in [0.4, 0.5) is 0 Å². The number of rotatable bonds is 3. The Hall–Kier alpha value is -1.35. The monoisotopic (exact) mass is 222 g/mol. The van der Waals surface area contributed by atoms with E-state index in [9.17, 15) is 4.79 Å². The van der Waals surface area contributed by atoms with E-state index in [1.165, 1.54) is 7.11 Å². The largest absolute Gasteiger partial charge is 0.496 e. The SMILES string of the molecule is COc1ccc(C(C)(C)C)cc1C(=O)CO. The Morgan fingerprint density at radius 1 is 1.38 bits per heavy atom. The fraction of sp³-hybridized carbons (Fsp3) is 0.462. The highest BCUT2D eigenvalue weighted by Crippen LogP contribution is 2.28. The highest BCUT2D eigenvalue weighted by Gasteiger charge is 2.18. The molecule has 0 unspecified atom stereocenters. The minimum Gasteiger partial charge on any atom is -0.496 e. The van der Waals surface area contributed by atoms with E-state index in [0.717, 1.165) is 5.56 Å². The summed E-state index contributed by atoms with van der Waals surface area (Å²) in [5, 5.41) is 8.90. The van der Waals surface area contributed by atoms with Gasteiger partial charge in [0.2, 0.25) is 0 Å². The molecular formula is C13H18O3. The summed E-state index contributed by atoms with van der Waals surface area (Å²) >= 11 is 0. The zero-order valence-electron chi connectivity index (χ0n) is 10.2. The summed E-state index contributed by atoms with van der Waals surface area (Å²) in [4.78, 5) is 11.5. The van der Waals surface area contributed by atoms with Gasteiger partial charge in [0.1, 0.15) is 12.4 Å². The van der Waals surface area contributed by atoms with Crippen molar-refractivity contribution in [1.82, 2.24) is 0 Å². The molecule has 0 fully saturated rings. The van der Waals surface area contributed by atoms with Crippen molar-refractivity contribution in [3.8, 4) is 5.75 Å². The number of carbonyl (C=O) groups is 1. The lowest BCUT2D eigenvalue weighted by atomic mass is 9.85. The summed E-state index contributed by atoms with van der Waals surface area (Å²) in [7, 11) is 1.51. The van der Waals surface area contributed by atoms with Crippen molar-refractivity contribution in [2.45, 2.75) is 26.2 Å². The molecule has 88 valence electrons. The van der Waals surface area contributed by atoms with Gasteiger partial charge in [-0.25, -0.2) is 0 Å². The van der Waals surface area contributed by atoms with Crippen molar-refractivity contribution in [3.63, 3.8) is 0 Å². The van der Waals surface area contributed by atoms with E-state index in [-0.39, 0.29) is 11.2 Å². The van der Waals surface area contributed by atoms with E-state index >= 15 is 0 Å². The lowest BCUT2D eigenvalue weighted by molar-refractivity contribution is 0.0900. The fourth-order valence-corrected chi connectivity index (χ4v) is 1.48. The van der Waals surface area contributed by atoms with Crippen LogP contribution in [0.3, 0.4) is 0 Å². The number of ether oxygens (including phenoxy) is 1. The van der Waals surface area contributed by atoms with Crippen molar-refractivity contribution in [2.75, 3.05) is 13.7 Å². The normalized spacial score (nSPS) is 11.3. The third-order valence-corrected chi connectivity index (χ3v) is 2.51. The molecule has 1 N–H and O–H groups in total. The van der Waals surface area contributed by atoms with Gasteiger partial charge < -0.3 is 9.84 Å². The van der Waals surface area contributed by atoms with Gasteiger partial charge >= 0.3 is 0 Å². The first-order chi connectivity index (χ1) is 7.40. The van der Waals surface area contributed by atoms with Gasteiger partial charge in [0.15, 0.2) is 5.78 Å². The van der Waals surface area contributed by atoms with Crippen molar-refractivity contribution in [2.24, 2.45) is 0 Å². The predicted molar refractivity (Wildman–Crippen MR) is 63.1 cm³/mol. The van der Waals surface area contributed by atoms with E-state index in [1.807, 2.05) is 6.07 Å². The van der Waals surface area contributed by atoms with Crippen molar-refractivity contribution < 1.29 is 14.6 Å². The second kappa shape index (κ2) is 4.66. The van der Waals surface area contributed by atoms with Crippen LogP contribution < -0.4 is 4.74 Å². The lowest BCUT2D eigenvalue weighted by Crippen LogP contribution is -2.14. The molecule has 0 aliphatic heterocycles. The molecule has 0 saturated carbocycles. The molecule has 0 aliphatic rings. The Morgan fingerprint density at radius 3 is 2.44 bits per heavy atom. The summed E-state index contributed by atoms with van der Waals surface area (Å²) in [5.74, 6) is 0.190. The maximum absolute atomic E-state index is 11.5. The molecule has 1 aromatic rings. The summed E-state index contributed by atoms with van der Waals surface area (Å²) in [5.41, 5.74) is 1.46. The molecule has 1 aromatic carbocycles. The van der Waals surface area contributed by atoms with E-state index < -0.39 is 6.61 Å². The van der Waals surface area contributed by atoms with E-state index in [0.29, 0.717) is 11.3 Å². The number of Topliss-reactive ketones (excluding diaryl/α,β-unsaturated/α-hetero) is 1. The molecular weight excluding hydrogens is 204 g/mol. The summed E-state index contributed by atoms with van der Waals surface area (Å²) in [6, 6.07) is 5.49. The van der Waals surface area contributed by atoms with Gasteiger partial charge in [-0.3, -0.25) is 4.79 Å². The fourth-order valence-electron chi connectivity index (χ4n) is 1.48. The second-order valence-corrected chi connectivity index (χ2v) is 4.75. The van der Waals surface area contributed by atoms with Crippen LogP contribution in [0.25, 0.3) is 0 Å². The third kappa shape index (κ3) is 2.61. The van der Waals surface area contributed by atoms with Crippen LogP contribution in [0.1, 0.15) is 36.7 Å². The van der Waals surface area contributed by atoms with Gasteiger partial charge in [0.05, 0.1) is 12.7 Å². The zero-order valence-corrected chi connectivity index (χ0v) is 10.2. The molecule has 0 radical (unpaired) electrons. The Kier molecular flexibility index (Phi) is 3.70. The zero-order chi connectivity index (χ0) is 12.3. The molecule has 16 heavy (non-hydrogen) atoms. The highest BCUT2D eigenvalue weighted by molar-refractivity contribution is 5.99. The van der Waals surface area contributed by atoms with Crippen molar-refractivity contribution in [1.29, 1.82) is 0 Å². The molecule has 3 nitrogen and oxygen atoms in total. The lowest BCUT2D eigenvalue weighted by Gasteiger charge is -2.20. The molecule has 0 atom stereocenters. The Bertz CT molecular complexity index is 389. The minimum atomic E-state index is -0.496. The topological polar surface area (TPSA) is 46.5 Å². The molecule has 0 bridgehead atoms. The third-order valence-electron chi connectivity index (χ3n) is 2.51. The first kappa shape index (κ1) is 12.7. The van der Waals surface area contributed by atoms with E-state index in [2.05, 4.69) is 20.8 Å². The van der Waals surface area contributed by atoms with E-state index in [1.54, 1.807) is 12.1 Å². The number of ketones is 1. The standard InChI is InChI=1S/C13H18O3/c1-13(2,3)9-5-6-12(16-4)10(7-9)11(15)8-14/h5-7,14H,8H2,1-4H3. The van der Waals surface area contributed by atoms with Gasteiger partial charge in [0, 0.05) is 0 Å². The number of hydrogen-bond acceptors (Lipinski definition) is 3. The van der Waals surface area contributed by atoms with Crippen LogP contribution >= 0.6 is 0 Å². The molecule has 1 rings (SSSR count). The maximum Gasteiger partial charge on any atom is 0.191 e. The van der Waals surface area contributed by atoms with Crippen molar-refractivity contribution in [3.05, 3.63) is 29.3 Å². The van der Waals surface area contributed by atoms with Crippen LogP contribution in [-0.4, -0.2) is 24.6 Å². The number of hydrogen-bond donors (Lipinski definition) is 1. The van der Waals surface area contributed by atoms with Gasteiger partial charge in [0.25, 0.3) is 0 Å². The summed E-state index contributed by atoms with van der Waals surface area (Å²) in [6.07, 6.45) is 0. The number of benzene rings is 1. The quantitative estimate of drug-likeness (QED) is 0.797. The Labute approximate surface area is 96.1 Å². The Balaban J connectivity index is 3.27. The highest BCUT2D eigenvalue weighted by atomic mass is 16.5. The first-order valence-electron chi connectivity index (χ1n) is 5.22. The summed E-state index contributed by atoms with van der Waals surface area (Å²) in [6.45, 7) is 5.72. The second-order valence-electron chi connectivity index (χ2n) is 4.75. The number of aliphatic hydroxyl groups excluding tert-OH is 1. The van der Waals surface area contributed by atoms with Crippen LogP contribution in [-0.2, 0) is 5.41 Å². The molecule has 0 aromatic heterocycles. The van der Waals surface area contributed by atoms with Crippen molar-refractivity contribution >= 4 is 5.78 Å². The average molecular weight is 222 g/mol. The van der Waals surface area contributed by atoms with Gasteiger partial charge in [-0.15, -0.1) is 0 Å². The van der Waals surface area contributed by atoms with E-state index in [4.69, 9.17) is 9.84 Å². The smallest absolute Gasteiger partial charge is 0.191 e. The summed E-state index contributed by atoms with van der Waals surface area (Å²) < 4.78 is 5.10. The number of aliphatic hydroxyl groups is 1. The first-order valence-corrected chi connectivity index (χ1v) is 5.22. The minimum absolute atomic E-state index is 0.0310. The van der Waals surface area contributed by atoms with Gasteiger partial charge in [-0.05, 0) is 23.1 Å². The van der Waals surface area contributed by atoms with Crippen LogP contribution in [0.15, 0.2) is 18.2 Å².